The first-order chi connectivity index (χ1) is 9.85. The minimum atomic E-state index is -1.17. The minimum Gasteiger partial charge on any atom is -0.480 e. The van der Waals surface area contributed by atoms with Crippen molar-refractivity contribution in [3.8, 4) is 0 Å². The highest BCUT2D eigenvalue weighted by molar-refractivity contribution is 5.89. The van der Waals surface area contributed by atoms with Gasteiger partial charge in [0, 0.05) is 13.1 Å². The van der Waals surface area contributed by atoms with E-state index in [0.717, 1.165) is 45.3 Å². The topological polar surface area (TPSA) is 72.9 Å². The summed E-state index contributed by atoms with van der Waals surface area (Å²) in [6.07, 6.45) is 3.98. The zero-order valence-corrected chi connectivity index (χ0v) is 13.3. The van der Waals surface area contributed by atoms with Gasteiger partial charge in [0.05, 0.1) is 6.04 Å². The van der Waals surface area contributed by atoms with Gasteiger partial charge in [0.15, 0.2) is 0 Å². The van der Waals surface area contributed by atoms with Crippen molar-refractivity contribution in [1.29, 1.82) is 0 Å². The Balaban J connectivity index is 2.08. The summed E-state index contributed by atoms with van der Waals surface area (Å²) < 4.78 is 0. The second-order valence-corrected chi connectivity index (χ2v) is 6.64. The van der Waals surface area contributed by atoms with Crippen LogP contribution in [0, 0.1) is 0 Å². The Morgan fingerprint density at radius 1 is 1.24 bits per heavy atom. The Bertz CT molecular complexity index is 405. The number of likely N-dealkylation sites (N-methyl/N-ethyl adjacent to an activating group) is 1. The number of piperidine rings is 1. The lowest BCUT2D eigenvalue weighted by molar-refractivity contribution is -0.157. The molecule has 2 saturated heterocycles. The lowest BCUT2D eigenvalue weighted by atomic mass is 10.00. The third kappa shape index (κ3) is 3.21. The molecule has 1 unspecified atom stereocenters. The average Bonchev–Trinajstić information content (AvgIpc) is 2.95. The molecule has 2 aliphatic rings. The highest BCUT2D eigenvalue weighted by atomic mass is 16.4. The van der Waals surface area contributed by atoms with Crippen molar-refractivity contribution in [2.45, 2.75) is 57.2 Å². The highest BCUT2D eigenvalue weighted by Gasteiger charge is 2.42. The maximum absolute atomic E-state index is 12.8. The zero-order chi connectivity index (χ0) is 15.6. The Labute approximate surface area is 126 Å². The summed E-state index contributed by atoms with van der Waals surface area (Å²) in [7, 11) is 1.61. The third-order valence-corrected chi connectivity index (χ3v) is 5.05. The Morgan fingerprint density at radius 2 is 1.86 bits per heavy atom. The minimum absolute atomic E-state index is 0.0570. The molecule has 0 spiro atoms. The van der Waals surface area contributed by atoms with Crippen molar-refractivity contribution in [3.05, 3.63) is 0 Å². The maximum Gasteiger partial charge on any atom is 0.329 e. The molecule has 6 heteroatoms. The van der Waals surface area contributed by atoms with E-state index in [0.29, 0.717) is 6.04 Å². The predicted octanol–water partition coefficient (Wildman–Crippen LogP) is 0.524. The molecular weight excluding hydrogens is 270 g/mol. The number of rotatable bonds is 4. The van der Waals surface area contributed by atoms with Crippen LogP contribution in [0.3, 0.4) is 0 Å². The van der Waals surface area contributed by atoms with Crippen molar-refractivity contribution in [2.75, 3.05) is 26.7 Å². The fourth-order valence-electron chi connectivity index (χ4n) is 3.27. The number of carboxylic acids is 1. The van der Waals surface area contributed by atoms with E-state index in [2.05, 4.69) is 10.2 Å². The Morgan fingerprint density at radius 3 is 2.43 bits per heavy atom. The zero-order valence-electron chi connectivity index (χ0n) is 13.3. The van der Waals surface area contributed by atoms with Crippen LogP contribution >= 0.6 is 0 Å². The predicted molar refractivity (Wildman–Crippen MR) is 80.1 cm³/mol. The summed E-state index contributed by atoms with van der Waals surface area (Å²) in [5.74, 6) is -1.02. The highest BCUT2D eigenvalue weighted by Crippen LogP contribution is 2.27. The van der Waals surface area contributed by atoms with Crippen LogP contribution in [0.4, 0.5) is 0 Å². The summed E-state index contributed by atoms with van der Waals surface area (Å²) in [6.45, 7) is 6.10. The number of nitrogens with one attached hydrogen (secondary N) is 1. The number of amides is 1. The van der Waals surface area contributed by atoms with Gasteiger partial charge in [-0.25, -0.2) is 4.79 Å². The quantitative estimate of drug-likeness (QED) is 0.792. The SMILES string of the molecule is CN(C(=O)C1CCCN1C1CCNCC1)C(C)(C)C(=O)O. The smallest absolute Gasteiger partial charge is 0.329 e. The second-order valence-electron chi connectivity index (χ2n) is 6.64. The monoisotopic (exact) mass is 297 g/mol. The molecule has 6 nitrogen and oxygen atoms in total. The van der Waals surface area contributed by atoms with Crippen molar-refractivity contribution < 1.29 is 14.7 Å². The lowest BCUT2D eigenvalue weighted by Crippen LogP contribution is -2.57. The standard InChI is InChI=1S/C15H27N3O3/c1-15(2,14(20)21)17(3)13(19)12-5-4-10-18(12)11-6-8-16-9-7-11/h11-12,16H,4-10H2,1-3H3,(H,20,21). The molecule has 0 saturated carbocycles. The molecule has 0 aromatic rings. The first-order valence-corrected chi connectivity index (χ1v) is 7.83. The van der Waals surface area contributed by atoms with Gasteiger partial charge in [-0.1, -0.05) is 0 Å². The lowest BCUT2D eigenvalue weighted by Gasteiger charge is -2.39. The number of nitrogens with zero attached hydrogens (tertiary/aromatic N) is 2. The van der Waals surface area contributed by atoms with Gasteiger partial charge in [0.25, 0.3) is 0 Å². The molecule has 0 aromatic heterocycles. The first kappa shape index (κ1) is 16.2. The summed E-state index contributed by atoms with van der Waals surface area (Å²) in [6, 6.07) is 0.292. The number of hydrogen-bond acceptors (Lipinski definition) is 4. The molecule has 2 rings (SSSR count). The van der Waals surface area contributed by atoms with Gasteiger partial charge < -0.3 is 15.3 Å². The number of hydrogen-bond donors (Lipinski definition) is 2. The molecule has 0 aliphatic carbocycles. The van der Waals surface area contributed by atoms with Crippen LogP contribution < -0.4 is 5.32 Å². The van der Waals surface area contributed by atoms with E-state index < -0.39 is 11.5 Å². The average molecular weight is 297 g/mol. The largest absolute Gasteiger partial charge is 0.480 e. The molecule has 0 radical (unpaired) electrons. The van der Waals surface area contributed by atoms with Gasteiger partial charge in [0.2, 0.25) is 5.91 Å². The number of aliphatic carboxylic acids is 1. The summed E-state index contributed by atoms with van der Waals surface area (Å²) in [5, 5.41) is 12.6. The molecule has 21 heavy (non-hydrogen) atoms. The van der Waals surface area contributed by atoms with E-state index >= 15 is 0 Å². The van der Waals surface area contributed by atoms with Crippen LogP contribution in [0.25, 0.3) is 0 Å². The van der Waals surface area contributed by atoms with Crippen LogP contribution in [-0.2, 0) is 9.59 Å². The van der Waals surface area contributed by atoms with Crippen LogP contribution in [0.15, 0.2) is 0 Å². The molecule has 1 amide bonds. The van der Waals surface area contributed by atoms with Crippen LogP contribution in [0.2, 0.25) is 0 Å². The fraction of sp³-hybridized carbons (Fsp3) is 0.867. The van der Waals surface area contributed by atoms with Gasteiger partial charge in [-0.05, 0) is 59.2 Å². The molecule has 120 valence electrons. The van der Waals surface area contributed by atoms with E-state index in [1.165, 1.54) is 4.90 Å². The van der Waals surface area contributed by atoms with Gasteiger partial charge in [-0.2, -0.15) is 0 Å². The third-order valence-electron chi connectivity index (χ3n) is 5.05. The molecule has 2 N–H and O–H groups in total. The Kier molecular flexibility index (Phi) is 4.88. The van der Waals surface area contributed by atoms with Crippen molar-refractivity contribution >= 4 is 11.9 Å². The van der Waals surface area contributed by atoms with Gasteiger partial charge >= 0.3 is 5.97 Å². The maximum atomic E-state index is 12.8. The Hall–Kier alpha value is -1.14. The van der Waals surface area contributed by atoms with E-state index in [9.17, 15) is 14.7 Å². The number of carbonyl (C=O) groups is 2. The van der Waals surface area contributed by atoms with Crippen LogP contribution in [0.5, 0.6) is 0 Å². The molecule has 0 aromatic carbocycles. The van der Waals surface area contributed by atoms with Crippen molar-refractivity contribution in [3.63, 3.8) is 0 Å². The second kappa shape index (κ2) is 6.32. The summed E-state index contributed by atoms with van der Waals surface area (Å²) in [4.78, 5) is 27.8. The molecule has 1 atom stereocenters. The molecular formula is C15H27N3O3. The van der Waals surface area contributed by atoms with Gasteiger partial charge in [0.1, 0.15) is 5.54 Å². The van der Waals surface area contributed by atoms with E-state index in [1.807, 2.05) is 0 Å². The molecule has 2 heterocycles. The van der Waals surface area contributed by atoms with Crippen LogP contribution in [-0.4, -0.2) is 71.1 Å². The first-order valence-electron chi connectivity index (χ1n) is 7.83. The molecule has 0 bridgehead atoms. The van der Waals surface area contributed by atoms with Crippen LogP contribution in [0.1, 0.15) is 39.5 Å². The number of likely N-dealkylation sites (tertiary alicyclic amines) is 1. The van der Waals surface area contributed by atoms with Gasteiger partial charge in [-0.15, -0.1) is 0 Å². The van der Waals surface area contributed by atoms with Crippen molar-refractivity contribution in [2.24, 2.45) is 0 Å². The summed E-state index contributed by atoms with van der Waals surface area (Å²) >= 11 is 0. The summed E-state index contributed by atoms with van der Waals surface area (Å²) in [5.41, 5.74) is -1.17. The van der Waals surface area contributed by atoms with Crippen molar-refractivity contribution in [1.82, 2.24) is 15.1 Å². The molecule has 2 aliphatic heterocycles. The number of carboxylic acid groups (broad SMARTS) is 1. The van der Waals surface area contributed by atoms with E-state index in [-0.39, 0.29) is 11.9 Å². The molecule has 2 fully saturated rings. The normalized spacial score (nSPS) is 25.0. The van der Waals surface area contributed by atoms with Gasteiger partial charge in [-0.3, -0.25) is 9.69 Å². The van der Waals surface area contributed by atoms with E-state index in [4.69, 9.17) is 0 Å². The number of carbonyl (C=O) groups excluding carboxylic acids is 1. The fourth-order valence-corrected chi connectivity index (χ4v) is 3.27. The van der Waals surface area contributed by atoms with E-state index in [1.54, 1.807) is 20.9 Å².